The highest BCUT2D eigenvalue weighted by Gasteiger charge is 2.15. The van der Waals surface area contributed by atoms with E-state index < -0.39 is 15.8 Å². The summed E-state index contributed by atoms with van der Waals surface area (Å²) >= 11 is 1.85. The van der Waals surface area contributed by atoms with Gasteiger partial charge in [0.2, 0.25) is 10.0 Å². The van der Waals surface area contributed by atoms with Gasteiger partial charge in [-0.3, -0.25) is 4.72 Å². The molecule has 1 N–H and O–H groups in total. The van der Waals surface area contributed by atoms with Crippen LogP contribution in [0.4, 0.5) is 10.1 Å². The van der Waals surface area contributed by atoms with Gasteiger partial charge in [0.1, 0.15) is 5.82 Å². The summed E-state index contributed by atoms with van der Waals surface area (Å²) < 4.78 is 40.2. The van der Waals surface area contributed by atoms with Crippen molar-refractivity contribution >= 4 is 38.3 Å². The molecule has 0 aliphatic heterocycles. The number of hydrogen-bond donors (Lipinski definition) is 1. The quantitative estimate of drug-likeness (QED) is 0.779. The fraction of sp³-hybridized carbons (Fsp3) is 0.0714. The predicted octanol–water partition coefficient (Wildman–Crippen LogP) is 3.24. The first-order chi connectivity index (χ1) is 9.91. The van der Waals surface area contributed by atoms with Crippen molar-refractivity contribution in [2.75, 3.05) is 4.72 Å². The van der Waals surface area contributed by atoms with Crippen LogP contribution < -0.4 is 4.72 Å². The Hall–Kier alpha value is -1.66. The molecule has 4 nitrogen and oxygen atoms in total. The maximum Gasteiger partial charge on any atom is 0.236 e. The highest BCUT2D eigenvalue weighted by atomic mass is 127. The lowest BCUT2D eigenvalue weighted by Gasteiger charge is -2.10. The lowest BCUT2D eigenvalue weighted by atomic mass is 10.1. The van der Waals surface area contributed by atoms with Crippen molar-refractivity contribution in [1.82, 2.24) is 0 Å². The van der Waals surface area contributed by atoms with Crippen molar-refractivity contribution in [3.8, 4) is 6.07 Å². The minimum absolute atomic E-state index is 0.312. The van der Waals surface area contributed by atoms with Gasteiger partial charge in [-0.25, -0.2) is 12.8 Å². The van der Waals surface area contributed by atoms with E-state index in [9.17, 15) is 12.8 Å². The van der Waals surface area contributed by atoms with Crippen LogP contribution in [-0.4, -0.2) is 8.42 Å². The summed E-state index contributed by atoms with van der Waals surface area (Å²) in [6.45, 7) is 0. The van der Waals surface area contributed by atoms with Gasteiger partial charge in [-0.1, -0.05) is 18.2 Å². The summed E-state index contributed by atoms with van der Waals surface area (Å²) in [7, 11) is -3.68. The Morgan fingerprint density at radius 3 is 2.62 bits per heavy atom. The number of nitrogens with zero attached hydrogens (tertiary/aromatic N) is 1. The van der Waals surface area contributed by atoms with Crippen LogP contribution in [0, 0.1) is 20.7 Å². The molecule has 0 amide bonds. The monoisotopic (exact) mass is 416 g/mol. The second-order valence-corrected chi connectivity index (χ2v) is 7.14. The van der Waals surface area contributed by atoms with Gasteiger partial charge in [-0.2, -0.15) is 5.26 Å². The Kier molecular flexibility index (Phi) is 4.80. The normalized spacial score (nSPS) is 10.9. The van der Waals surface area contributed by atoms with Gasteiger partial charge in [0.15, 0.2) is 0 Å². The number of rotatable bonds is 4. The SMILES string of the molecule is N#Cc1ccccc1CS(=O)(=O)Nc1ccc(F)cc1I. The van der Waals surface area contributed by atoms with Crippen LogP contribution in [0.3, 0.4) is 0 Å². The first kappa shape index (κ1) is 15.7. The molecule has 0 saturated carbocycles. The van der Waals surface area contributed by atoms with Crippen molar-refractivity contribution in [2.45, 2.75) is 5.75 Å². The molecule has 0 unspecified atom stereocenters. The minimum atomic E-state index is -3.68. The summed E-state index contributed by atoms with van der Waals surface area (Å²) in [5.74, 6) is -0.748. The lowest BCUT2D eigenvalue weighted by molar-refractivity contribution is 0.600. The molecule has 2 aromatic carbocycles. The number of benzene rings is 2. The van der Waals surface area contributed by atoms with Crippen LogP contribution in [0.2, 0.25) is 0 Å². The number of sulfonamides is 1. The Labute approximate surface area is 135 Å². The molecule has 0 saturated heterocycles. The summed E-state index contributed by atoms with van der Waals surface area (Å²) in [4.78, 5) is 0. The van der Waals surface area contributed by atoms with Crippen LogP contribution >= 0.6 is 22.6 Å². The molecule has 21 heavy (non-hydrogen) atoms. The third kappa shape index (κ3) is 4.15. The average Bonchev–Trinajstić information content (AvgIpc) is 2.42. The largest absolute Gasteiger partial charge is 0.282 e. The highest BCUT2D eigenvalue weighted by molar-refractivity contribution is 14.1. The smallest absolute Gasteiger partial charge is 0.236 e. The summed E-state index contributed by atoms with van der Waals surface area (Å²) in [6.07, 6.45) is 0. The van der Waals surface area contributed by atoms with E-state index >= 15 is 0 Å². The van der Waals surface area contributed by atoms with Crippen molar-refractivity contribution in [2.24, 2.45) is 0 Å². The molecule has 108 valence electrons. The van der Waals surface area contributed by atoms with Crippen molar-refractivity contribution in [1.29, 1.82) is 5.26 Å². The number of hydrogen-bond acceptors (Lipinski definition) is 3. The maximum atomic E-state index is 13.0. The second-order valence-electron chi connectivity index (χ2n) is 4.25. The van der Waals surface area contributed by atoms with E-state index in [0.29, 0.717) is 20.4 Å². The Bertz CT molecular complexity index is 816. The van der Waals surface area contributed by atoms with Gasteiger partial charge in [-0.15, -0.1) is 0 Å². The number of nitriles is 1. The van der Waals surface area contributed by atoms with Crippen LogP contribution in [0.15, 0.2) is 42.5 Å². The molecule has 0 aliphatic rings. The van der Waals surface area contributed by atoms with Crippen molar-refractivity contribution in [3.63, 3.8) is 0 Å². The molecular weight excluding hydrogens is 406 g/mol. The molecule has 0 aliphatic carbocycles. The molecule has 0 bridgehead atoms. The Balaban J connectivity index is 2.25. The minimum Gasteiger partial charge on any atom is -0.282 e. The molecule has 0 radical (unpaired) electrons. The molecule has 0 fully saturated rings. The summed E-state index contributed by atoms with van der Waals surface area (Å²) in [5.41, 5.74) is 1.05. The highest BCUT2D eigenvalue weighted by Crippen LogP contribution is 2.21. The van der Waals surface area contributed by atoms with E-state index in [4.69, 9.17) is 5.26 Å². The first-order valence-corrected chi connectivity index (χ1v) is 8.58. The Morgan fingerprint density at radius 1 is 1.24 bits per heavy atom. The molecule has 2 aromatic rings. The van der Waals surface area contributed by atoms with Gasteiger partial charge < -0.3 is 0 Å². The molecule has 7 heteroatoms. The second kappa shape index (κ2) is 6.41. The lowest BCUT2D eigenvalue weighted by Crippen LogP contribution is -2.16. The third-order valence-corrected chi connectivity index (χ3v) is 4.79. The van der Waals surface area contributed by atoms with Crippen LogP contribution in [-0.2, 0) is 15.8 Å². The topological polar surface area (TPSA) is 70.0 Å². The van der Waals surface area contributed by atoms with E-state index in [-0.39, 0.29) is 5.75 Å². The molecule has 0 atom stereocenters. The zero-order valence-electron chi connectivity index (χ0n) is 10.7. The molecule has 0 aromatic heterocycles. The number of halogens is 2. The van der Waals surface area contributed by atoms with E-state index in [1.807, 2.05) is 28.7 Å². The zero-order valence-corrected chi connectivity index (χ0v) is 13.7. The van der Waals surface area contributed by atoms with E-state index in [1.165, 1.54) is 18.2 Å². The van der Waals surface area contributed by atoms with Crippen LogP contribution in [0.1, 0.15) is 11.1 Å². The molecular formula is C14H10FIN2O2S. The van der Waals surface area contributed by atoms with E-state index in [2.05, 4.69) is 4.72 Å². The van der Waals surface area contributed by atoms with Gasteiger partial charge in [0, 0.05) is 3.57 Å². The predicted molar refractivity (Wildman–Crippen MR) is 86.5 cm³/mol. The average molecular weight is 416 g/mol. The van der Waals surface area contributed by atoms with Crippen LogP contribution in [0.5, 0.6) is 0 Å². The third-order valence-electron chi connectivity index (χ3n) is 2.68. The van der Waals surface area contributed by atoms with Crippen LogP contribution in [0.25, 0.3) is 0 Å². The summed E-state index contributed by atoms with van der Waals surface area (Å²) in [5, 5.41) is 8.97. The maximum absolute atomic E-state index is 13.0. The first-order valence-electron chi connectivity index (χ1n) is 5.85. The van der Waals surface area contributed by atoms with Crippen molar-refractivity contribution < 1.29 is 12.8 Å². The number of nitrogens with one attached hydrogen (secondary N) is 1. The van der Waals surface area contributed by atoms with Gasteiger partial charge >= 0.3 is 0 Å². The standard InChI is InChI=1S/C14H10FIN2O2S/c15-12-5-6-14(13(16)7-12)18-21(19,20)9-11-4-2-1-3-10(11)8-17/h1-7,18H,9H2. The zero-order chi connectivity index (χ0) is 15.5. The fourth-order valence-corrected chi connectivity index (χ4v) is 3.78. The molecule has 0 heterocycles. The van der Waals surface area contributed by atoms with E-state index in [1.54, 1.807) is 24.3 Å². The van der Waals surface area contributed by atoms with Gasteiger partial charge in [0.05, 0.1) is 23.1 Å². The van der Waals surface area contributed by atoms with Gasteiger partial charge in [-0.05, 0) is 52.4 Å². The molecule has 0 spiro atoms. The Morgan fingerprint density at radius 2 is 1.95 bits per heavy atom. The molecule has 2 rings (SSSR count). The van der Waals surface area contributed by atoms with E-state index in [0.717, 1.165) is 0 Å². The number of anilines is 1. The van der Waals surface area contributed by atoms with Gasteiger partial charge in [0.25, 0.3) is 0 Å². The fourth-order valence-electron chi connectivity index (χ4n) is 1.74. The van der Waals surface area contributed by atoms with Crippen molar-refractivity contribution in [3.05, 3.63) is 63.0 Å². The summed E-state index contributed by atoms with van der Waals surface area (Å²) in [6, 6.07) is 12.2.